The lowest BCUT2D eigenvalue weighted by molar-refractivity contribution is -0.137. The Bertz CT molecular complexity index is 1070. The molecule has 8 heteroatoms. The van der Waals surface area contributed by atoms with Crippen LogP contribution in [0.2, 0.25) is 0 Å². The van der Waals surface area contributed by atoms with Crippen LogP contribution in [-0.2, 0) is 12.6 Å². The number of hydrogen-bond acceptors (Lipinski definition) is 4. The van der Waals surface area contributed by atoms with Crippen molar-refractivity contribution in [2.75, 3.05) is 11.4 Å². The van der Waals surface area contributed by atoms with Crippen LogP contribution >= 0.6 is 0 Å². The van der Waals surface area contributed by atoms with Crippen LogP contribution in [0.4, 0.5) is 18.9 Å². The van der Waals surface area contributed by atoms with Gasteiger partial charge < -0.3 is 4.90 Å². The highest BCUT2D eigenvalue weighted by atomic mass is 19.4. The molecule has 2 heterocycles. The molecule has 1 saturated carbocycles. The molecule has 0 radical (unpaired) electrons. The molecule has 0 N–H and O–H groups in total. The Morgan fingerprint density at radius 1 is 0.938 bits per heavy atom. The molecule has 0 spiro atoms. The number of alkyl halides is 3. The van der Waals surface area contributed by atoms with Crippen molar-refractivity contribution in [2.24, 2.45) is 0 Å². The van der Waals surface area contributed by atoms with E-state index in [-0.39, 0.29) is 6.04 Å². The molecular formula is C24H26F3N5. The molecule has 1 atom stereocenters. The quantitative estimate of drug-likeness (QED) is 0.518. The van der Waals surface area contributed by atoms with Crippen molar-refractivity contribution in [3.05, 3.63) is 71.0 Å². The molecule has 2 aromatic carbocycles. The second kappa shape index (κ2) is 8.56. The number of para-hydroxylation sites is 1. The summed E-state index contributed by atoms with van der Waals surface area (Å²) in [6.45, 7) is 0.732. The number of fused-ring (bicyclic) bond motifs is 1. The summed E-state index contributed by atoms with van der Waals surface area (Å²) in [5, 5.41) is 12.7. The van der Waals surface area contributed by atoms with Crippen LogP contribution in [-0.4, -0.2) is 26.8 Å². The Hall–Kier alpha value is -2.90. The van der Waals surface area contributed by atoms with Crippen molar-refractivity contribution in [1.82, 2.24) is 20.2 Å². The minimum absolute atomic E-state index is 0.182. The fourth-order valence-electron chi connectivity index (χ4n) is 5.15. The number of rotatable bonds is 4. The Morgan fingerprint density at radius 2 is 1.75 bits per heavy atom. The van der Waals surface area contributed by atoms with Gasteiger partial charge in [0, 0.05) is 12.2 Å². The highest BCUT2D eigenvalue weighted by molar-refractivity contribution is 5.58. The van der Waals surface area contributed by atoms with Crippen molar-refractivity contribution in [2.45, 2.75) is 63.2 Å². The zero-order valence-electron chi connectivity index (χ0n) is 17.8. The minimum atomic E-state index is -4.41. The first-order valence-corrected chi connectivity index (χ1v) is 11.3. The van der Waals surface area contributed by atoms with Crippen molar-refractivity contribution >= 4 is 5.69 Å². The maximum atomic E-state index is 13.6. The van der Waals surface area contributed by atoms with Crippen molar-refractivity contribution in [1.29, 1.82) is 0 Å². The van der Waals surface area contributed by atoms with Gasteiger partial charge in [0.1, 0.15) is 6.04 Å². The molecule has 1 aromatic heterocycles. The highest BCUT2D eigenvalue weighted by Gasteiger charge is 2.36. The molecule has 0 amide bonds. The van der Waals surface area contributed by atoms with Crippen LogP contribution in [0.15, 0.2) is 48.5 Å². The van der Waals surface area contributed by atoms with Crippen LogP contribution < -0.4 is 4.90 Å². The number of aromatic nitrogens is 4. The van der Waals surface area contributed by atoms with Crippen LogP contribution in [0, 0.1) is 0 Å². The normalized spacial score (nSPS) is 18.4. The van der Waals surface area contributed by atoms with E-state index in [9.17, 15) is 13.2 Å². The van der Waals surface area contributed by atoms with Crippen molar-refractivity contribution in [3.8, 4) is 0 Å². The summed E-state index contributed by atoms with van der Waals surface area (Å²) in [5.41, 5.74) is 2.15. The van der Waals surface area contributed by atoms with E-state index < -0.39 is 17.8 Å². The first-order valence-electron chi connectivity index (χ1n) is 11.3. The van der Waals surface area contributed by atoms with Gasteiger partial charge in [-0.05, 0) is 65.4 Å². The molecule has 1 aliphatic heterocycles. The molecule has 0 saturated heterocycles. The molecule has 1 aliphatic carbocycles. The van der Waals surface area contributed by atoms with E-state index in [2.05, 4.69) is 26.5 Å². The molecule has 0 unspecified atom stereocenters. The summed E-state index contributed by atoms with van der Waals surface area (Å²) in [5.74, 6) is 0.618. The summed E-state index contributed by atoms with van der Waals surface area (Å²) < 4.78 is 42.6. The third-order valence-electron chi connectivity index (χ3n) is 6.67. The van der Waals surface area contributed by atoms with E-state index in [0.717, 1.165) is 56.8 Å². The summed E-state index contributed by atoms with van der Waals surface area (Å²) >= 11 is 0. The summed E-state index contributed by atoms with van der Waals surface area (Å²) in [6.07, 6.45) is 2.89. The van der Waals surface area contributed by atoms with Crippen LogP contribution in [0.25, 0.3) is 0 Å². The Kier molecular flexibility index (Phi) is 5.61. The molecule has 168 valence electrons. The van der Waals surface area contributed by atoms with Crippen molar-refractivity contribution in [3.63, 3.8) is 0 Å². The molecule has 5 nitrogen and oxygen atoms in total. The topological polar surface area (TPSA) is 46.8 Å². The molecule has 1 fully saturated rings. The van der Waals surface area contributed by atoms with E-state index in [1.807, 2.05) is 22.9 Å². The van der Waals surface area contributed by atoms with Crippen molar-refractivity contribution < 1.29 is 13.2 Å². The fourth-order valence-corrected chi connectivity index (χ4v) is 5.15. The van der Waals surface area contributed by atoms with Gasteiger partial charge in [-0.3, -0.25) is 0 Å². The number of benzene rings is 2. The number of tetrazole rings is 1. The lowest BCUT2D eigenvalue weighted by Gasteiger charge is -2.38. The first kappa shape index (κ1) is 21.0. The van der Waals surface area contributed by atoms with Gasteiger partial charge >= 0.3 is 6.18 Å². The third kappa shape index (κ3) is 3.98. The molecule has 32 heavy (non-hydrogen) atoms. The molecular weight excluding hydrogens is 415 g/mol. The SMILES string of the molecule is FC(F)(F)c1cccc([C@@H](c2nnnn2C2CCCCC2)N2CCCc3ccccc32)c1. The summed E-state index contributed by atoms with van der Waals surface area (Å²) in [4.78, 5) is 2.18. The van der Waals surface area contributed by atoms with Gasteiger partial charge in [-0.2, -0.15) is 13.2 Å². The zero-order chi connectivity index (χ0) is 22.1. The average Bonchev–Trinajstić information content (AvgIpc) is 3.29. The Labute approximate surface area is 185 Å². The van der Waals surface area contributed by atoms with E-state index in [0.29, 0.717) is 11.4 Å². The third-order valence-corrected chi connectivity index (χ3v) is 6.67. The molecule has 5 rings (SSSR count). The molecule has 3 aromatic rings. The van der Waals surface area contributed by atoms with E-state index >= 15 is 0 Å². The molecule has 0 bridgehead atoms. The number of aryl methyl sites for hydroxylation is 1. The van der Waals surface area contributed by atoms with Crippen LogP contribution in [0.3, 0.4) is 0 Å². The summed E-state index contributed by atoms with van der Waals surface area (Å²) in [6, 6.07) is 13.4. The summed E-state index contributed by atoms with van der Waals surface area (Å²) in [7, 11) is 0. The first-order chi connectivity index (χ1) is 15.5. The standard InChI is InChI=1S/C24H26F3N5/c25-24(26,27)19-11-6-9-18(16-19)22(31-15-7-10-17-8-4-5-14-21(17)31)23-28-29-30-32(23)20-12-2-1-3-13-20/h4-6,8-9,11,14,16,20,22H,1-3,7,10,12-13,15H2/t22-/m0/s1. The number of hydrogen-bond donors (Lipinski definition) is 0. The Balaban J connectivity index is 1.64. The fraction of sp³-hybridized carbons (Fsp3) is 0.458. The smallest absolute Gasteiger partial charge is 0.357 e. The number of nitrogens with zero attached hydrogens (tertiary/aromatic N) is 5. The second-order valence-electron chi connectivity index (χ2n) is 8.72. The maximum Gasteiger partial charge on any atom is 0.416 e. The van der Waals surface area contributed by atoms with Gasteiger partial charge in [-0.25, -0.2) is 4.68 Å². The Morgan fingerprint density at radius 3 is 2.56 bits per heavy atom. The van der Waals surface area contributed by atoms with Gasteiger partial charge in [0.25, 0.3) is 0 Å². The maximum absolute atomic E-state index is 13.6. The lowest BCUT2D eigenvalue weighted by Crippen LogP contribution is -2.36. The number of halogens is 3. The lowest BCUT2D eigenvalue weighted by atomic mass is 9.93. The predicted molar refractivity (Wildman–Crippen MR) is 115 cm³/mol. The van der Waals surface area contributed by atoms with E-state index in [1.54, 1.807) is 6.07 Å². The minimum Gasteiger partial charge on any atom is -0.357 e. The van der Waals surface area contributed by atoms with Gasteiger partial charge in [-0.1, -0.05) is 49.6 Å². The van der Waals surface area contributed by atoms with Gasteiger partial charge in [0.05, 0.1) is 11.6 Å². The highest BCUT2D eigenvalue weighted by Crippen LogP contribution is 2.40. The van der Waals surface area contributed by atoms with Gasteiger partial charge in [0.15, 0.2) is 5.82 Å². The van der Waals surface area contributed by atoms with Gasteiger partial charge in [-0.15, -0.1) is 5.10 Å². The monoisotopic (exact) mass is 441 g/mol. The van der Waals surface area contributed by atoms with Crippen LogP contribution in [0.5, 0.6) is 0 Å². The largest absolute Gasteiger partial charge is 0.416 e. The second-order valence-corrected chi connectivity index (χ2v) is 8.72. The van der Waals surface area contributed by atoms with E-state index in [4.69, 9.17) is 0 Å². The van der Waals surface area contributed by atoms with E-state index in [1.165, 1.54) is 24.1 Å². The molecule has 2 aliphatic rings. The average molecular weight is 442 g/mol. The van der Waals surface area contributed by atoms with Gasteiger partial charge in [0.2, 0.25) is 0 Å². The zero-order valence-corrected chi connectivity index (χ0v) is 17.8. The van der Waals surface area contributed by atoms with Crippen LogP contribution in [0.1, 0.15) is 73.1 Å². The predicted octanol–water partition coefficient (Wildman–Crippen LogP) is 5.74. The number of anilines is 1.